The van der Waals surface area contributed by atoms with E-state index in [1.807, 2.05) is 31.2 Å². The number of para-hydroxylation sites is 2. The first kappa shape index (κ1) is 18.7. The Labute approximate surface area is 159 Å². The van der Waals surface area contributed by atoms with E-state index in [1.165, 1.54) is 5.56 Å². The SMILES string of the molecule is C=C(C)C(=O)NCc1nc2ccccc2n1CCOc1cc(C)ccc1C. The Kier molecular flexibility index (Phi) is 5.60. The molecule has 0 bridgehead atoms. The van der Waals surface area contributed by atoms with E-state index in [0.29, 0.717) is 25.3 Å². The van der Waals surface area contributed by atoms with Gasteiger partial charge >= 0.3 is 0 Å². The summed E-state index contributed by atoms with van der Waals surface area (Å²) in [6.07, 6.45) is 0. The van der Waals surface area contributed by atoms with Gasteiger partial charge in [0.25, 0.3) is 0 Å². The van der Waals surface area contributed by atoms with Crippen LogP contribution in [0.3, 0.4) is 0 Å². The molecule has 0 aliphatic carbocycles. The van der Waals surface area contributed by atoms with Gasteiger partial charge in [0, 0.05) is 5.57 Å². The molecule has 140 valence electrons. The van der Waals surface area contributed by atoms with Crippen LogP contribution in [0.15, 0.2) is 54.6 Å². The second-order valence-electron chi connectivity index (χ2n) is 6.75. The number of nitrogens with zero attached hydrogens (tertiary/aromatic N) is 2. The number of carbonyl (C=O) groups is 1. The summed E-state index contributed by atoms with van der Waals surface area (Å²) in [4.78, 5) is 16.5. The lowest BCUT2D eigenvalue weighted by Gasteiger charge is -2.13. The lowest BCUT2D eigenvalue weighted by Crippen LogP contribution is -2.25. The summed E-state index contributed by atoms with van der Waals surface area (Å²) < 4.78 is 8.10. The number of hydrogen-bond donors (Lipinski definition) is 1. The highest BCUT2D eigenvalue weighted by atomic mass is 16.5. The average Bonchev–Trinajstić information content (AvgIpc) is 3.00. The number of aryl methyl sites for hydroxylation is 2. The number of benzene rings is 2. The Balaban J connectivity index is 1.77. The largest absolute Gasteiger partial charge is 0.491 e. The van der Waals surface area contributed by atoms with Crippen molar-refractivity contribution in [1.82, 2.24) is 14.9 Å². The minimum absolute atomic E-state index is 0.166. The number of ether oxygens (including phenoxy) is 1. The summed E-state index contributed by atoms with van der Waals surface area (Å²) in [6.45, 7) is 11.0. The highest BCUT2D eigenvalue weighted by Gasteiger charge is 2.12. The molecule has 0 unspecified atom stereocenters. The molecule has 1 aromatic heterocycles. The molecule has 0 aliphatic rings. The first-order valence-electron chi connectivity index (χ1n) is 9.03. The molecule has 5 nitrogen and oxygen atoms in total. The second kappa shape index (κ2) is 8.08. The summed E-state index contributed by atoms with van der Waals surface area (Å²) in [5, 5.41) is 2.86. The molecule has 5 heteroatoms. The maximum atomic E-state index is 11.8. The zero-order valence-corrected chi connectivity index (χ0v) is 16.1. The number of nitrogens with one attached hydrogen (secondary N) is 1. The lowest BCUT2D eigenvalue weighted by molar-refractivity contribution is -0.117. The molecule has 3 rings (SSSR count). The standard InChI is InChI=1S/C22H25N3O2/c1-15(2)22(26)23-14-21-24-18-7-5-6-8-19(18)25(21)11-12-27-20-13-16(3)9-10-17(20)4/h5-10,13H,1,11-12,14H2,2-4H3,(H,23,26). The molecule has 27 heavy (non-hydrogen) atoms. The predicted octanol–water partition coefficient (Wildman–Crippen LogP) is 3.92. The van der Waals surface area contributed by atoms with Crippen LogP contribution in [0.4, 0.5) is 0 Å². The van der Waals surface area contributed by atoms with Gasteiger partial charge in [0.2, 0.25) is 5.91 Å². The molecule has 0 aliphatic heterocycles. The molecular formula is C22H25N3O2. The number of carbonyl (C=O) groups excluding carboxylic acids is 1. The maximum Gasteiger partial charge on any atom is 0.246 e. The Bertz CT molecular complexity index is 988. The van der Waals surface area contributed by atoms with Crippen molar-refractivity contribution in [3.8, 4) is 5.75 Å². The van der Waals surface area contributed by atoms with Crippen molar-refractivity contribution in [3.63, 3.8) is 0 Å². The number of amides is 1. The summed E-state index contributed by atoms with van der Waals surface area (Å²) in [6, 6.07) is 14.1. The molecular weight excluding hydrogens is 338 g/mol. The van der Waals surface area contributed by atoms with Crippen LogP contribution >= 0.6 is 0 Å². The van der Waals surface area contributed by atoms with E-state index < -0.39 is 0 Å². The molecule has 1 heterocycles. The third-order valence-corrected chi connectivity index (χ3v) is 4.44. The molecule has 0 radical (unpaired) electrons. The van der Waals surface area contributed by atoms with Crippen molar-refractivity contribution in [1.29, 1.82) is 0 Å². The molecule has 3 aromatic rings. The van der Waals surface area contributed by atoms with Crippen molar-refractivity contribution >= 4 is 16.9 Å². The number of hydrogen-bond acceptors (Lipinski definition) is 3. The van der Waals surface area contributed by atoms with Gasteiger partial charge in [-0.05, 0) is 50.1 Å². The summed E-state index contributed by atoms with van der Waals surface area (Å²) in [7, 11) is 0. The summed E-state index contributed by atoms with van der Waals surface area (Å²) >= 11 is 0. The van der Waals surface area contributed by atoms with E-state index in [9.17, 15) is 4.79 Å². The third-order valence-electron chi connectivity index (χ3n) is 4.44. The first-order valence-corrected chi connectivity index (χ1v) is 9.03. The predicted molar refractivity (Wildman–Crippen MR) is 108 cm³/mol. The van der Waals surface area contributed by atoms with E-state index in [4.69, 9.17) is 4.74 Å². The van der Waals surface area contributed by atoms with E-state index in [0.717, 1.165) is 28.2 Å². The van der Waals surface area contributed by atoms with Crippen molar-refractivity contribution < 1.29 is 9.53 Å². The minimum atomic E-state index is -0.166. The Hall–Kier alpha value is -3.08. The zero-order valence-electron chi connectivity index (χ0n) is 16.1. The van der Waals surface area contributed by atoms with Crippen LogP contribution in [0, 0.1) is 13.8 Å². The Morgan fingerprint density at radius 3 is 2.78 bits per heavy atom. The van der Waals surface area contributed by atoms with Crippen LogP contribution in [0.5, 0.6) is 5.75 Å². The quantitative estimate of drug-likeness (QED) is 0.647. The van der Waals surface area contributed by atoms with Gasteiger partial charge in [0.15, 0.2) is 0 Å². The van der Waals surface area contributed by atoms with E-state index in [1.54, 1.807) is 6.92 Å². The third kappa shape index (κ3) is 4.37. The van der Waals surface area contributed by atoms with E-state index in [-0.39, 0.29) is 5.91 Å². The molecule has 2 aromatic carbocycles. The Morgan fingerprint density at radius 1 is 1.22 bits per heavy atom. The van der Waals surface area contributed by atoms with Crippen LogP contribution in [0.2, 0.25) is 0 Å². The second-order valence-corrected chi connectivity index (χ2v) is 6.75. The molecule has 0 saturated carbocycles. The van der Waals surface area contributed by atoms with Gasteiger partial charge in [0.05, 0.1) is 24.1 Å². The van der Waals surface area contributed by atoms with Gasteiger partial charge in [-0.25, -0.2) is 4.98 Å². The lowest BCUT2D eigenvalue weighted by atomic mass is 10.1. The van der Waals surface area contributed by atoms with Gasteiger partial charge in [-0.1, -0.05) is 30.8 Å². The van der Waals surface area contributed by atoms with E-state index in [2.05, 4.69) is 46.6 Å². The van der Waals surface area contributed by atoms with Crippen molar-refractivity contribution in [2.75, 3.05) is 6.61 Å². The molecule has 0 spiro atoms. The fourth-order valence-electron chi connectivity index (χ4n) is 2.93. The molecule has 0 fully saturated rings. The smallest absolute Gasteiger partial charge is 0.246 e. The number of imidazole rings is 1. The fourth-order valence-corrected chi connectivity index (χ4v) is 2.93. The van der Waals surface area contributed by atoms with Gasteiger partial charge < -0.3 is 14.6 Å². The molecule has 1 amide bonds. The monoisotopic (exact) mass is 363 g/mol. The molecule has 1 N–H and O–H groups in total. The highest BCUT2D eigenvalue weighted by Crippen LogP contribution is 2.20. The average molecular weight is 363 g/mol. The number of rotatable bonds is 7. The maximum absolute atomic E-state index is 11.8. The normalized spacial score (nSPS) is 10.8. The number of aromatic nitrogens is 2. The van der Waals surface area contributed by atoms with Gasteiger partial charge in [-0.15, -0.1) is 0 Å². The minimum Gasteiger partial charge on any atom is -0.491 e. The van der Waals surface area contributed by atoms with Crippen LogP contribution in [0.1, 0.15) is 23.9 Å². The fraction of sp³-hybridized carbons (Fsp3) is 0.273. The zero-order chi connectivity index (χ0) is 19.4. The van der Waals surface area contributed by atoms with Gasteiger partial charge in [-0.2, -0.15) is 0 Å². The number of fused-ring (bicyclic) bond motifs is 1. The van der Waals surface area contributed by atoms with Crippen LogP contribution in [-0.4, -0.2) is 22.1 Å². The van der Waals surface area contributed by atoms with Crippen molar-refractivity contribution in [2.24, 2.45) is 0 Å². The van der Waals surface area contributed by atoms with Crippen molar-refractivity contribution in [2.45, 2.75) is 33.9 Å². The molecule has 0 atom stereocenters. The highest BCUT2D eigenvalue weighted by molar-refractivity contribution is 5.92. The summed E-state index contributed by atoms with van der Waals surface area (Å²) in [5.74, 6) is 1.53. The van der Waals surface area contributed by atoms with Crippen LogP contribution < -0.4 is 10.1 Å². The Morgan fingerprint density at radius 2 is 2.00 bits per heavy atom. The topological polar surface area (TPSA) is 56.2 Å². The first-order chi connectivity index (χ1) is 13.0. The molecule has 0 saturated heterocycles. The van der Waals surface area contributed by atoms with Crippen molar-refractivity contribution in [3.05, 3.63) is 71.6 Å². The van der Waals surface area contributed by atoms with Crippen LogP contribution in [0.25, 0.3) is 11.0 Å². The van der Waals surface area contributed by atoms with Gasteiger partial charge in [0.1, 0.15) is 18.2 Å². The summed E-state index contributed by atoms with van der Waals surface area (Å²) in [5.41, 5.74) is 4.71. The van der Waals surface area contributed by atoms with Crippen LogP contribution in [-0.2, 0) is 17.9 Å². The van der Waals surface area contributed by atoms with Gasteiger partial charge in [-0.3, -0.25) is 4.79 Å². The van der Waals surface area contributed by atoms with E-state index >= 15 is 0 Å².